The maximum absolute atomic E-state index is 13.1. The van der Waals surface area contributed by atoms with Gasteiger partial charge in [-0.05, 0) is 60.8 Å². The van der Waals surface area contributed by atoms with E-state index in [1.165, 1.54) is 23.5 Å². The zero-order valence-electron chi connectivity index (χ0n) is 14.1. The molecule has 3 rings (SSSR count). The molecule has 1 N–H and O–H groups in total. The number of amides is 2. The Kier molecular flexibility index (Phi) is 5.43. The quantitative estimate of drug-likeness (QED) is 0.703. The first-order valence-electron chi connectivity index (χ1n) is 8.11. The monoisotopic (exact) mass is 368 g/mol. The van der Waals surface area contributed by atoms with Gasteiger partial charge in [-0.1, -0.05) is 12.1 Å². The molecule has 0 saturated carbocycles. The number of halogens is 1. The molecule has 26 heavy (non-hydrogen) atoms. The third-order valence-corrected chi connectivity index (χ3v) is 4.68. The summed E-state index contributed by atoms with van der Waals surface area (Å²) in [6, 6.07) is 16.1. The molecule has 2 amide bonds. The third-order valence-electron chi connectivity index (χ3n) is 3.81. The van der Waals surface area contributed by atoms with E-state index in [4.69, 9.17) is 0 Å². The number of anilines is 2. The average Bonchev–Trinajstić information content (AvgIpc) is 3.19. The van der Waals surface area contributed by atoms with Crippen LogP contribution in [0.3, 0.4) is 0 Å². The molecule has 0 saturated heterocycles. The van der Waals surface area contributed by atoms with Gasteiger partial charge in [-0.2, -0.15) is 0 Å². The van der Waals surface area contributed by atoms with Crippen LogP contribution in [0.2, 0.25) is 0 Å². The van der Waals surface area contributed by atoms with Crippen molar-refractivity contribution in [3.8, 4) is 0 Å². The lowest BCUT2D eigenvalue weighted by Gasteiger charge is -2.21. The first-order chi connectivity index (χ1) is 12.6. The van der Waals surface area contributed by atoms with E-state index in [1.54, 1.807) is 53.4 Å². The Labute approximate surface area is 154 Å². The van der Waals surface area contributed by atoms with E-state index in [1.807, 2.05) is 12.3 Å². The molecule has 0 radical (unpaired) electrons. The molecular formula is C20H17FN2O2S. The molecule has 0 unspecified atom stereocenters. The summed E-state index contributed by atoms with van der Waals surface area (Å²) in [5.74, 6) is -0.780. The second-order valence-corrected chi connectivity index (χ2v) is 6.49. The van der Waals surface area contributed by atoms with Gasteiger partial charge in [0.25, 0.3) is 11.8 Å². The number of carbonyl (C=O) groups is 2. The van der Waals surface area contributed by atoms with Crippen LogP contribution in [0, 0.1) is 5.82 Å². The number of thiophene rings is 1. The lowest BCUT2D eigenvalue weighted by Crippen LogP contribution is -2.30. The van der Waals surface area contributed by atoms with Crippen molar-refractivity contribution in [2.24, 2.45) is 0 Å². The molecule has 0 aliphatic heterocycles. The van der Waals surface area contributed by atoms with Gasteiger partial charge in [0, 0.05) is 23.5 Å². The fourth-order valence-electron chi connectivity index (χ4n) is 2.55. The van der Waals surface area contributed by atoms with Crippen LogP contribution in [0.15, 0.2) is 66.0 Å². The Balaban J connectivity index is 1.80. The molecular weight excluding hydrogens is 351 g/mol. The second kappa shape index (κ2) is 7.93. The van der Waals surface area contributed by atoms with Crippen LogP contribution >= 0.6 is 11.3 Å². The minimum absolute atomic E-state index is 0.213. The van der Waals surface area contributed by atoms with E-state index in [0.29, 0.717) is 28.4 Å². The number of hydrogen-bond donors (Lipinski definition) is 1. The number of rotatable bonds is 5. The molecule has 0 atom stereocenters. The minimum atomic E-state index is -0.351. The summed E-state index contributed by atoms with van der Waals surface area (Å²) in [4.78, 5) is 27.2. The van der Waals surface area contributed by atoms with Gasteiger partial charge < -0.3 is 10.2 Å². The summed E-state index contributed by atoms with van der Waals surface area (Å²) in [7, 11) is 0. The van der Waals surface area contributed by atoms with Crippen molar-refractivity contribution in [3.05, 3.63) is 82.3 Å². The molecule has 2 aromatic carbocycles. The highest BCUT2D eigenvalue weighted by atomic mass is 32.1. The first-order valence-corrected chi connectivity index (χ1v) is 8.99. The Morgan fingerprint density at radius 1 is 1.08 bits per heavy atom. The van der Waals surface area contributed by atoms with Crippen LogP contribution in [0.25, 0.3) is 0 Å². The summed E-state index contributed by atoms with van der Waals surface area (Å²) in [5.41, 5.74) is 1.61. The van der Waals surface area contributed by atoms with Crippen LogP contribution in [0.1, 0.15) is 27.0 Å². The molecule has 1 aromatic heterocycles. The summed E-state index contributed by atoms with van der Waals surface area (Å²) in [6.07, 6.45) is 0. The maximum atomic E-state index is 13.1. The highest BCUT2D eigenvalue weighted by Gasteiger charge is 2.17. The lowest BCUT2D eigenvalue weighted by atomic mass is 10.1. The van der Waals surface area contributed by atoms with Gasteiger partial charge in [0.05, 0.1) is 4.88 Å². The van der Waals surface area contributed by atoms with E-state index < -0.39 is 0 Å². The Hall–Kier alpha value is -2.99. The van der Waals surface area contributed by atoms with Crippen molar-refractivity contribution in [1.29, 1.82) is 0 Å². The zero-order chi connectivity index (χ0) is 18.5. The summed E-state index contributed by atoms with van der Waals surface area (Å²) >= 11 is 1.35. The lowest BCUT2D eigenvalue weighted by molar-refractivity contribution is 0.0985. The number of benzene rings is 2. The molecule has 0 fully saturated rings. The van der Waals surface area contributed by atoms with E-state index in [0.717, 1.165) is 0 Å². The van der Waals surface area contributed by atoms with Gasteiger partial charge >= 0.3 is 0 Å². The van der Waals surface area contributed by atoms with E-state index >= 15 is 0 Å². The summed E-state index contributed by atoms with van der Waals surface area (Å²) < 4.78 is 13.1. The number of nitrogens with zero attached hydrogens (tertiary/aromatic N) is 1. The first kappa shape index (κ1) is 17.8. The fraction of sp³-hybridized carbons (Fsp3) is 0.100. The molecule has 1 heterocycles. The molecule has 132 valence electrons. The van der Waals surface area contributed by atoms with Crippen molar-refractivity contribution >= 4 is 34.5 Å². The Bertz CT molecular complexity index is 908. The summed E-state index contributed by atoms with van der Waals surface area (Å²) in [6.45, 7) is 2.29. The molecule has 6 heteroatoms. The largest absolute Gasteiger partial charge is 0.321 e. The Morgan fingerprint density at radius 3 is 2.50 bits per heavy atom. The summed E-state index contributed by atoms with van der Waals surface area (Å²) in [5, 5.41) is 4.62. The molecule has 0 aliphatic rings. The van der Waals surface area contributed by atoms with Crippen molar-refractivity contribution in [2.75, 3.05) is 16.8 Å². The molecule has 3 aromatic rings. The van der Waals surface area contributed by atoms with E-state index in [2.05, 4.69) is 5.32 Å². The fourth-order valence-corrected chi connectivity index (χ4v) is 3.17. The minimum Gasteiger partial charge on any atom is -0.321 e. The van der Waals surface area contributed by atoms with Crippen molar-refractivity contribution in [3.63, 3.8) is 0 Å². The number of carbonyl (C=O) groups excluding carboxylic acids is 2. The van der Waals surface area contributed by atoms with E-state index in [-0.39, 0.29) is 17.6 Å². The van der Waals surface area contributed by atoms with Gasteiger partial charge in [0.2, 0.25) is 0 Å². The van der Waals surface area contributed by atoms with Crippen molar-refractivity contribution in [2.45, 2.75) is 6.92 Å². The Morgan fingerprint density at radius 2 is 1.85 bits per heavy atom. The average molecular weight is 368 g/mol. The number of nitrogens with one attached hydrogen (secondary N) is 1. The molecule has 0 spiro atoms. The normalized spacial score (nSPS) is 10.4. The molecule has 0 aliphatic carbocycles. The van der Waals surface area contributed by atoms with Crippen molar-refractivity contribution < 1.29 is 14.0 Å². The van der Waals surface area contributed by atoms with Crippen LogP contribution in [-0.2, 0) is 0 Å². The highest BCUT2D eigenvalue weighted by Crippen LogP contribution is 2.20. The van der Waals surface area contributed by atoms with Crippen LogP contribution in [0.4, 0.5) is 15.8 Å². The predicted molar refractivity (Wildman–Crippen MR) is 102 cm³/mol. The molecule has 4 nitrogen and oxygen atoms in total. The van der Waals surface area contributed by atoms with Gasteiger partial charge in [-0.25, -0.2) is 4.39 Å². The van der Waals surface area contributed by atoms with Gasteiger partial charge in [-0.3, -0.25) is 9.59 Å². The third kappa shape index (κ3) is 3.97. The van der Waals surface area contributed by atoms with Gasteiger partial charge in [0.15, 0.2) is 0 Å². The molecule has 0 bridgehead atoms. The topological polar surface area (TPSA) is 49.4 Å². The highest BCUT2D eigenvalue weighted by molar-refractivity contribution is 7.12. The van der Waals surface area contributed by atoms with Crippen LogP contribution in [-0.4, -0.2) is 18.4 Å². The van der Waals surface area contributed by atoms with Crippen molar-refractivity contribution in [1.82, 2.24) is 0 Å². The van der Waals surface area contributed by atoms with Gasteiger partial charge in [-0.15, -0.1) is 11.3 Å². The maximum Gasteiger partial charge on any atom is 0.265 e. The standard InChI is InChI=1S/C20H17FN2O2S/c1-2-23(17-10-8-15(21)9-11-17)20(25)14-5-3-6-16(13-14)22-19(24)18-7-4-12-26-18/h3-13H,2H2,1H3,(H,22,24). The van der Waals surface area contributed by atoms with E-state index in [9.17, 15) is 14.0 Å². The SMILES string of the molecule is CCN(C(=O)c1cccc(NC(=O)c2cccs2)c1)c1ccc(F)cc1. The smallest absolute Gasteiger partial charge is 0.265 e. The predicted octanol–water partition coefficient (Wildman–Crippen LogP) is 4.81. The van der Waals surface area contributed by atoms with Crippen LogP contribution < -0.4 is 10.2 Å². The zero-order valence-corrected chi connectivity index (χ0v) is 14.9. The van der Waals surface area contributed by atoms with Crippen LogP contribution in [0.5, 0.6) is 0 Å². The van der Waals surface area contributed by atoms with Gasteiger partial charge in [0.1, 0.15) is 5.82 Å². The number of hydrogen-bond acceptors (Lipinski definition) is 3. The second-order valence-electron chi connectivity index (χ2n) is 5.54.